The molecular formula is C13H16ClN3O2. The summed E-state index contributed by atoms with van der Waals surface area (Å²) in [6.45, 7) is 4.78. The number of nitrogens with zero attached hydrogens (tertiary/aromatic N) is 2. The molecule has 1 N–H and O–H groups in total. The van der Waals surface area contributed by atoms with Gasteiger partial charge in [0.25, 0.3) is 5.69 Å². The minimum atomic E-state index is -0.329. The Morgan fingerprint density at radius 2 is 2.05 bits per heavy atom. The number of nitro groups is 1. The third-order valence-corrected chi connectivity index (χ3v) is 4.33. The van der Waals surface area contributed by atoms with Gasteiger partial charge in [0.1, 0.15) is 0 Å². The van der Waals surface area contributed by atoms with Crippen LogP contribution in [0.3, 0.4) is 0 Å². The highest BCUT2D eigenvalue weighted by Gasteiger charge is 2.36. The molecule has 2 aliphatic rings. The molecule has 0 spiro atoms. The molecule has 0 aliphatic carbocycles. The Bertz CT molecular complexity index is 497. The average molecular weight is 282 g/mol. The molecule has 2 fully saturated rings. The molecule has 2 saturated heterocycles. The van der Waals surface area contributed by atoms with Crippen molar-refractivity contribution in [2.45, 2.75) is 6.54 Å². The summed E-state index contributed by atoms with van der Waals surface area (Å²) in [5.41, 5.74) is 0.880. The standard InChI is InChI=1S/C13H16ClN3O2/c14-12-1-2-13(17(18)19)9(3-12)6-16-7-10-4-15-5-11(10)8-16/h1-3,10-11,15H,4-8H2. The molecule has 2 heterocycles. The number of likely N-dealkylation sites (tertiary alicyclic amines) is 1. The van der Waals surface area contributed by atoms with Crippen molar-refractivity contribution in [2.75, 3.05) is 26.2 Å². The Balaban J connectivity index is 1.76. The zero-order chi connectivity index (χ0) is 13.4. The molecule has 5 nitrogen and oxygen atoms in total. The van der Waals surface area contributed by atoms with E-state index in [0.29, 0.717) is 29.0 Å². The van der Waals surface area contributed by atoms with Gasteiger partial charge in [-0.15, -0.1) is 0 Å². The van der Waals surface area contributed by atoms with Gasteiger partial charge in [0.15, 0.2) is 0 Å². The Hall–Kier alpha value is -1.17. The van der Waals surface area contributed by atoms with Crippen LogP contribution in [0.2, 0.25) is 5.02 Å². The van der Waals surface area contributed by atoms with Crippen LogP contribution in [-0.2, 0) is 6.54 Å². The summed E-state index contributed by atoms with van der Waals surface area (Å²) in [6.07, 6.45) is 0. The normalized spacial score (nSPS) is 26.6. The summed E-state index contributed by atoms with van der Waals surface area (Å²) in [5, 5.41) is 15.0. The van der Waals surface area contributed by atoms with Crippen molar-refractivity contribution in [1.82, 2.24) is 10.2 Å². The highest BCUT2D eigenvalue weighted by atomic mass is 35.5. The number of halogens is 1. The number of nitro benzene ring substituents is 1. The second-order valence-corrected chi connectivity index (χ2v) is 5.84. The van der Waals surface area contributed by atoms with E-state index in [4.69, 9.17) is 11.6 Å². The summed E-state index contributed by atoms with van der Waals surface area (Å²) in [5.74, 6) is 1.39. The molecule has 0 aromatic heterocycles. The molecule has 0 amide bonds. The molecule has 3 rings (SSSR count). The van der Waals surface area contributed by atoms with Crippen LogP contribution in [0, 0.1) is 22.0 Å². The second kappa shape index (κ2) is 5.07. The van der Waals surface area contributed by atoms with E-state index < -0.39 is 0 Å². The van der Waals surface area contributed by atoms with Crippen LogP contribution in [0.5, 0.6) is 0 Å². The Labute approximate surface area is 116 Å². The van der Waals surface area contributed by atoms with Gasteiger partial charge in [-0.25, -0.2) is 0 Å². The van der Waals surface area contributed by atoms with Crippen LogP contribution in [0.25, 0.3) is 0 Å². The quantitative estimate of drug-likeness (QED) is 0.679. The highest BCUT2D eigenvalue weighted by Crippen LogP contribution is 2.30. The van der Waals surface area contributed by atoms with Crippen molar-refractivity contribution in [1.29, 1.82) is 0 Å². The SMILES string of the molecule is O=[N+]([O-])c1ccc(Cl)cc1CN1CC2CNCC2C1. The van der Waals surface area contributed by atoms with Gasteiger partial charge in [0, 0.05) is 36.3 Å². The lowest BCUT2D eigenvalue weighted by molar-refractivity contribution is -0.385. The molecule has 0 bridgehead atoms. The zero-order valence-electron chi connectivity index (χ0n) is 10.5. The fraction of sp³-hybridized carbons (Fsp3) is 0.538. The summed E-state index contributed by atoms with van der Waals surface area (Å²) in [6, 6.07) is 4.79. The van der Waals surface area contributed by atoms with E-state index in [9.17, 15) is 10.1 Å². The van der Waals surface area contributed by atoms with Crippen LogP contribution >= 0.6 is 11.6 Å². The zero-order valence-corrected chi connectivity index (χ0v) is 11.3. The van der Waals surface area contributed by atoms with Gasteiger partial charge in [-0.3, -0.25) is 15.0 Å². The molecule has 19 heavy (non-hydrogen) atoms. The largest absolute Gasteiger partial charge is 0.316 e. The lowest BCUT2D eigenvalue weighted by Crippen LogP contribution is -2.25. The molecule has 2 aliphatic heterocycles. The minimum absolute atomic E-state index is 0.166. The molecule has 1 aromatic rings. The first-order valence-electron chi connectivity index (χ1n) is 6.49. The first-order valence-corrected chi connectivity index (χ1v) is 6.87. The number of hydrogen-bond donors (Lipinski definition) is 1. The molecule has 0 radical (unpaired) electrons. The van der Waals surface area contributed by atoms with Crippen molar-refractivity contribution in [3.05, 3.63) is 38.9 Å². The Morgan fingerprint density at radius 1 is 1.37 bits per heavy atom. The van der Waals surface area contributed by atoms with Crippen molar-refractivity contribution >= 4 is 17.3 Å². The monoisotopic (exact) mass is 281 g/mol. The van der Waals surface area contributed by atoms with Gasteiger partial charge in [-0.1, -0.05) is 11.6 Å². The fourth-order valence-electron chi connectivity index (χ4n) is 3.18. The van der Waals surface area contributed by atoms with E-state index in [1.165, 1.54) is 6.07 Å². The highest BCUT2D eigenvalue weighted by molar-refractivity contribution is 6.30. The second-order valence-electron chi connectivity index (χ2n) is 5.40. The lowest BCUT2D eigenvalue weighted by Gasteiger charge is -2.17. The molecule has 6 heteroatoms. The van der Waals surface area contributed by atoms with Crippen LogP contribution in [0.4, 0.5) is 5.69 Å². The van der Waals surface area contributed by atoms with E-state index in [1.54, 1.807) is 12.1 Å². The third kappa shape index (κ3) is 2.59. The molecule has 0 saturated carbocycles. The molecule has 2 unspecified atom stereocenters. The lowest BCUT2D eigenvalue weighted by atomic mass is 10.0. The van der Waals surface area contributed by atoms with Crippen molar-refractivity contribution in [3.63, 3.8) is 0 Å². The van der Waals surface area contributed by atoms with E-state index in [0.717, 1.165) is 26.2 Å². The maximum Gasteiger partial charge on any atom is 0.273 e. The predicted molar refractivity (Wildman–Crippen MR) is 73.2 cm³/mol. The molecule has 2 atom stereocenters. The molecule has 1 aromatic carbocycles. The van der Waals surface area contributed by atoms with E-state index >= 15 is 0 Å². The van der Waals surface area contributed by atoms with Crippen molar-refractivity contribution in [3.8, 4) is 0 Å². The summed E-state index contributed by atoms with van der Waals surface area (Å²) < 4.78 is 0. The Kier molecular flexibility index (Phi) is 3.43. The van der Waals surface area contributed by atoms with Gasteiger partial charge >= 0.3 is 0 Å². The molecular weight excluding hydrogens is 266 g/mol. The third-order valence-electron chi connectivity index (χ3n) is 4.10. The number of rotatable bonds is 3. The van der Waals surface area contributed by atoms with Crippen molar-refractivity contribution in [2.24, 2.45) is 11.8 Å². The van der Waals surface area contributed by atoms with Gasteiger partial charge in [0.05, 0.1) is 4.92 Å². The van der Waals surface area contributed by atoms with Crippen molar-refractivity contribution < 1.29 is 4.92 Å². The number of fused-ring (bicyclic) bond motifs is 1. The van der Waals surface area contributed by atoms with Crippen LogP contribution < -0.4 is 5.32 Å². The van der Waals surface area contributed by atoms with Gasteiger partial charge in [0.2, 0.25) is 0 Å². The summed E-state index contributed by atoms with van der Waals surface area (Å²) in [4.78, 5) is 13.0. The van der Waals surface area contributed by atoms with Crippen LogP contribution in [0.15, 0.2) is 18.2 Å². The number of benzene rings is 1. The van der Waals surface area contributed by atoms with E-state index in [2.05, 4.69) is 10.2 Å². The van der Waals surface area contributed by atoms with E-state index in [1.807, 2.05) is 0 Å². The maximum absolute atomic E-state index is 11.0. The van der Waals surface area contributed by atoms with Gasteiger partial charge in [-0.05, 0) is 37.1 Å². The smallest absolute Gasteiger partial charge is 0.273 e. The average Bonchev–Trinajstić information content (AvgIpc) is 2.89. The molecule has 102 valence electrons. The topological polar surface area (TPSA) is 58.4 Å². The maximum atomic E-state index is 11.0. The summed E-state index contributed by atoms with van der Waals surface area (Å²) in [7, 11) is 0. The first kappa shape index (κ1) is 12.8. The van der Waals surface area contributed by atoms with E-state index in [-0.39, 0.29) is 10.6 Å². The van der Waals surface area contributed by atoms with Gasteiger partial charge in [-0.2, -0.15) is 0 Å². The van der Waals surface area contributed by atoms with Gasteiger partial charge < -0.3 is 5.32 Å². The van der Waals surface area contributed by atoms with Crippen LogP contribution in [-0.4, -0.2) is 36.0 Å². The minimum Gasteiger partial charge on any atom is -0.316 e. The first-order chi connectivity index (χ1) is 9.13. The number of hydrogen-bond acceptors (Lipinski definition) is 4. The predicted octanol–water partition coefficient (Wildman–Crippen LogP) is 1.90. The number of nitrogens with one attached hydrogen (secondary N) is 1. The van der Waals surface area contributed by atoms with Crippen LogP contribution in [0.1, 0.15) is 5.56 Å². The fourth-order valence-corrected chi connectivity index (χ4v) is 3.38. The Morgan fingerprint density at radius 3 is 2.68 bits per heavy atom. The summed E-state index contributed by atoms with van der Waals surface area (Å²) >= 11 is 5.95.